The SMILES string of the molecule is N#Cc1ccc(-c2cccc(-c3ccc(C#N)cc3)c2-c2ccc(C3CCCCC3)c(C3CCCCC3)c2P)cc1. The molecule has 0 amide bonds. The van der Waals surface area contributed by atoms with Gasteiger partial charge < -0.3 is 0 Å². The van der Waals surface area contributed by atoms with E-state index in [1.165, 1.54) is 91.8 Å². The fourth-order valence-corrected chi connectivity index (χ4v) is 7.90. The maximum atomic E-state index is 9.42. The fraction of sp³-hybridized carbons (Fsp3) is 0.316. The Hall–Kier alpha value is -3.71. The van der Waals surface area contributed by atoms with Crippen molar-refractivity contribution >= 4 is 14.5 Å². The van der Waals surface area contributed by atoms with E-state index in [9.17, 15) is 10.5 Å². The molecular formula is C38H37N2P. The van der Waals surface area contributed by atoms with Crippen molar-refractivity contribution in [2.24, 2.45) is 0 Å². The van der Waals surface area contributed by atoms with Gasteiger partial charge in [-0.05, 0) is 112 Å². The predicted octanol–water partition coefficient (Wildman–Crippen LogP) is 10.0. The second-order valence-corrected chi connectivity index (χ2v) is 12.4. The number of nitrogens with zero attached hydrogens (tertiary/aromatic N) is 2. The van der Waals surface area contributed by atoms with Gasteiger partial charge in [0.05, 0.1) is 23.3 Å². The van der Waals surface area contributed by atoms with Gasteiger partial charge in [-0.2, -0.15) is 10.5 Å². The van der Waals surface area contributed by atoms with Gasteiger partial charge in [0.15, 0.2) is 0 Å². The van der Waals surface area contributed by atoms with Gasteiger partial charge in [-0.15, -0.1) is 9.24 Å². The molecule has 4 aromatic rings. The topological polar surface area (TPSA) is 47.6 Å². The summed E-state index contributed by atoms with van der Waals surface area (Å²) < 4.78 is 0. The third kappa shape index (κ3) is 5.60. The standard InChI is InChI=1S/C38H37N2P/c39-24-26-14-18-29(19-15-26)32-12-7-13-33(30-20-16-27(25-40)17-21-30)37(32)35-23-22-34(28-8-3-1-4-9-28)36(38(35)41)31-10-5-2-6-11-31/h7,12-23,28,31H,1-6,8-11,41H2. The third-order valence-corrected chi connectivity index (χ3v) is 9.99. The Morgan fingerprint density at radius 3 is 1.51 bits per heavy atom. The van der Waals surface area contributed by atoms with E-state index in [4.69, 9.17) is 0 Å². The quantitative estimate of drug-likeness (QED) is 0.231. The van der Waals surface area contributed by atoms with Gasteiger partial charge in [0.2, 0.25) is 0 Å². The molecule has 0 aliphatic heterocycles. The summed E-state index contributed by atoms with van der Waals surface area (Å²) in [6.07, 6.45) is 13.2. The minimum Gasteiger partial charge on any atom is -0.192 e. The van der Waals surface area contributed by atoms with Crippen molar-refractivity contribution in [3.8, 4) is 45.5 Å². The molecule has 0 spiro atoms. The molecule has 204 valence electrons. The second kappa shape index (κ2) is 12.4. The zero-order valence-corrected chi connectivity index (χ0v) is 24.9. The van der Waals surface area contributed by atoms with Crippen molar-refractivity contribution in [3.05, 3.63) is 101 Å². The molecule has 0 N–H and O–H groups in total. The summed E-state index contributed by atoms with van der Waals surface area (Å²) in [5.41, 5.74) is 11.6. The lowest BCUT2D eigenvalue weighted by molar-refractivity contribution is 0.420. The van der Waals surface area contributed by atoms with Gasteiger partial charge in [0.1, 0.15) is 0 Å². The molecule has 3 heteroatoms. The Bertz CT molecular complexity index is 1530. The zero-order chi connectivity index (χ0) is 28.2. The minimum absolute atomic E-state index is 0.619. The van der Waals surface area contributed by atoms with E-state index >= 15 is 0 Å². The van der Waals surface area contributed by atoms with Crippen LogP contribution in [0.5, 0.6) is 0 Å². The summed E-state index contributed by atoms with van der Waals surface area (Å²) >= 11 is 0. The molecule has 1 unspecified atom stereocenters. The highest BCUT2D eigenvalue weighted by Crippen LogP contribution is 2.45. The van der Waals surface area contributed by atoms with E-state index in [2.05, 4.69) is 76.0 Å². The van der Waals surface area contributed by atoms with Crippen LogP contribution in [0.15, 0.2) is 78.9 Å². The molecule has 0 saturated heterocycles. The number of hydrogen-bond acceptors (Lipinski definition) is 2. The van der Waals surface area contributed by atoms with Crippen LogP contribution in [0.2, 0.25) is 0 Å². The van der Waals surface area contributed by atoms with Crippen LogP contribution < -0.4 is 5.30 Å². The molecule has 2 fully saturated rings. The monoisotopic (exact) mass is 552 g/mol. The summed E-state index contributed by atoms with van der Waals surface area (Å²) in [4.78, 5) is 0. The molecule has 41 heavy (non-hydrogen) atoms. The van der Waals surface area contributed by atoms with Crippen molar-refractivity contribution in [2.75, 3.05) is 0 Å². The van der Waals surface area contributed by atoms with Gasteiger partial charge in [0, 0.05) is 0 Å². The summed E-state index contributed by atoms with van der Waals surface area (Å²) in [5.74, 6) is 1.29. The van der Waals surface area contributed by atoms with Crippen LogP contribution >= 0.6 is 9.24 Å². The van der Waals surface area contributed by atoms with E-state index in [1.54, 1.807) is 11.1 Å². The van der Waals surface area contributed by atoms with Gasteiger partial charge in [-0.1, -0.05) is 93.1 Å². The van der Waals surface area contributed by atoms with E-state index in [0.717, 1.165) is 11.1 Å². The molecule has 0 aromatic heterocycles. The van der Waals surface area contributed by atoms with Gasteiger partial charge in [-0.25, -0.2) is 0 Å². The average molecular weight is 553 g/mol. The molecule has 2 nitrogen and oxygen atoms in total. The van der Waals surface area contributed by atoms with Crippen LogP contribution in [-0.4, -0.2) is 0 Å². The molecule has 2 aliphatic rings. The number of hydrogen-bond donors (Lipinski definition) is 0. The molecule has 1 atom stereocenters. The smallest absolute Gasteiger partial charge is 0.0991 e. The normalized spacial score (nSPS) is 16.2. The third-order valence-electron chi connectivity index (χ3n) is 9.36. The maximum absolute atomic E-state index is 9.42. The largest absolute Gasteiger partial charge is 0.192 e. The van der Waals surface area contributed by atoms with E-state index in [1.807, 2.05) is 24.3 Å². The summed E-state index contributed by atoms with van der Waals surface area (Å²) in [6, 6.07) is 31.9. The summed E-state index contributed by atoms with van der Waals surface area (Å²) in [6.45, 7) is 0. The second-order valence-electron chi connectivity index (χ2n) is 11.8. The molecule has 0 heterocycles. The summed E-state index contributed by atoms with van der Waals surface area (Å²) in [5, 5.41) is 20.2. The Kier molecular flexibility index (Phi) is 8.33. The van der Waals surface area contributed by atoms with Crippen molar-refractivity contribution in [2.45, 2.75) is 76.0 Å². The molecule has 4 aromatic carbocycles. The van der Waals surface area contributed by atoms with Crippen molar-refractivity contribution in [1.82, 2.24) is 0 Å². The van der Waals surface area contributed by atoms with Crippen LogP contribution in [-0.2, 0) is 0 Å². The van der Waals surface area contributed by atoms with E-state index in [-0.39, 0.29) is 0 Å². The molecule has 6 rings (SSSR count). The minimum atomic E-state index is 0.619. The highest BCUT2D eigenvalue weighted by Gasteiger charge is 2.28. The molecule has 0 bridgehead atoms. The molecule has 2 saturated carbocycles. The zero-order valence-electron chi connectivity index (χ0n) is 23.7. The first-order valence-electron chi connectivity index (χ1n) is 15.2. The Labute approximate surface area is 247 Å². The Morgan fingerprint density at radius 2 is 1.02 bits per heavy atom. The van der Waals surface area contributed by atoms with Crippen molar-refractivity contribution in [1.29, 1.82) is 10.5 Å². The highest BCUT2D eigenvalue weighted by molar-refractivity contribution is 7.28. The first kappa shape index (κ1) is 27.5. The summed E-state index contributed by atoms with van der Waals surface area (Å²) in [7, 11) is 3.21. The van der Waals surface area contributed by atoms with Crippen LogP contribution in [0, 0.1) is 22.7 Å². The van der Waals surface area contributed by atoms with Crippen LogP contribution in [0.4, 0.5) is 0 Å². The van der Waals surface area contributed by atoms with E-state index < -0.39 is 0 Å². The number of nitriles is 2. The Balaban J connectivity index is 1.59. The molecule has 0 radical (unpaired) electrons. The van der Waals surface area contributed by atoms with E-state index in [0.29, 0.717) is 23.0 Å². The average Bonchev–Trinajstić information content (AvgIpc) is 3.05. The number of benzene rings is 4. The Morgan fingerprint density at radius 1 is 0.537 bits per heavy atom. The lowest BCUT2D eigenvalue weighted by atomic mass is 9.74. The number of rotatable bonds is 5. The van der Waals surface area contributed by atoms with Gasteiger partial charge in [0.25, 0.3) is 0 Å². The van der Waals surface area contributed by atoms with Crippen LogP contribution in [0.1, 0.15) is 98.3 Å². The maximum Gasteiger partial charge on any atom is 0.0991 e. The van der Waals surface area contributed by atoms with Crippen molar-refractivity contribution < 1.29 is 0 Å². The lowest BCUT2D eigenvalue weighted by Crippen LogP contribution is -2.20. The van der Waals surface area contributed by atoms with Crippen LogP contribution in [0.25, 0.3) is 33.4 Å². The lowest BCUT2D eigenvalue weighted by Gasteiger charge is -2.32. The van der Waals surface area contributed by atoms with Crippen LogP contribution in [0.3, 0.4) is 0 Å². The van der Waals surface area contributed by atoms with Gasteiger partial charge in [-0.3, -0.25) is 0 Å². The highest BCUT2D eigenvalue weighted by atomic mass is 31.0. The molecule has 2 aliphatic carbocycles. The predicted molar refractivity (Wildman–Crippen MR) is 173 cm³/mol. The first-order valence-corrected chi connectivity index (χ1v) is 15.8. The molecular weight excluding hydrogens is 515 g/mol. The van der Waals surface area contributed by atoms with Gasteiger partial charge >= 0.3 is 0 Å². The first-order chi connectivity index (χ1) is 20.2. The fourth-order valence-electron chi connectivity index (χ4n) is 7.26. The van der Waals surface area contributed by atoms with Crippen molar-refractivity contribution in [3.63, 3.8) is 0 Å².